The van der Waals surface area contributed by atoms with Gasteiger partial charge in [-0.2, -0.15) is 9.97 Å². The summed E-state index contributed by atoms with van der Waals surface area (Å²) in [5.41, 5.74) is 13.7. The summed E-state index contributed by atoms with van der Waals surface area (Å²) in [6.07, 6.45) is 2.65. The van der Waals surface area contributed by atoms with Gasteiger partial charge >= 0.3 is 5.69 Å². The average molecular weight is 468 g/mol. The molecule has 9 N–H and O–H groups in total. The number of benzene rings is 1. The molecule has 0 bridgehead atoms. The van der Waals surface area contributed by atoms with Gasteiger partial charge in [0.15, 0.2) is 5.96 Å². The van der Waals surface area contributed by atoms with E-state index in [1.165, 1.54) is 16.3 Å². The lowest BCUT2D eigenvalue weighted by Gasteiger charge is -2.08. The number of H-pyrrole nitrogens is 2. The minimum absolute atomic E-state index is 0.0137. The van der Waals surface area contributed by atoms with Gasteiger partial charge in [0.1, 0.15) is 5.65 Å². The van der Waals surface area contributed by atoms with Crippen molar-refractivity contribution < 1.29 is 0 Å². The number of fused-ring (bicyclic) bond motifs is 1. The molecule has 3 aromatic heterocycles. The molecule has 1 aromatic carbocycles. The molecule has 0 atom stereocenters. The number of rotatable bonds is 10. The summed E-state index contributed by atoms with van der Waals surface area (Å²) in [6.45, 7) is 2.18. The third kappa shape index (κ3) is 5.90. The van der Waals surface area contributed by atoms with Gasteiger partial charge in [-0.15, -0.1) is 5.10 Å². The molecule has 172 valence electrons. The van der Waals surface area contributed by atoms with E-state index >= 15 is 0 Å². The number of aromatic amines is 2. The van der Waals surface area contributed by atoms with Crippen molar-refractivity contribution in [2.24, 2.45) is 5.73 Å². The van der Waals surface area contributed by atoms with Crippen LogP contribution in [0.3, 0.4) is 0 Å². The molecule has 0 radical (unpaired) electrons. The van der Waals surface area contributed by atoms with Gasteiger partial charge in [-0.3, -0.25) is 9.98 Å². The van der Waals surface area contributed by atoms with Gasteiger partial charge in [0.2, 0.25) is 11.1 Å². The van der Waals surface area contributed by atoms with Gasteiger partial charge in [-0.1, -0.05) is 23.9 Å². The van der Waals surface area contributed by atoms with E-state index < -0.39 is 0 Å². The summed E-state index contributed by atoms with van der Waals surface area (Å²) in [7, 11) is 0. The van der Waals surface area contributed by atoms with E-state index in [-0.39, 0.29) is 17.6 Å². The number of aromatic nitrogens is 6. The van der Waals surface area contributed by atoms with Crippen LogP contribution in [0, 0.1) is 5.41 Å². The fourth-order valence-electron chi connectivity index (χ4n) is 3.22. The number of thioether (sulfide) groups is 1. The van der Waals surface area contributed by atoms with E-state index in [0.717, 1.165) is 35.3 Å². The predicted molar refractivity (Wildman–Crippen MR) is 128 cm³/mol. The number of nitrogen functional groups attached to an aromatic ring is 1. The Morgan fingerprint density at radius 1 is 1.21 bits per heavy atom. The number of nitrogens with two attached hydrogens (primary N) is 2. The van der Waals surface area contributed by atoms with Crippen LogP contribution in [0.25, 0.3) is 16.7 Å². The zero-order chi connectivity index (χ0) is 23.2. The minimum Gasteiger partial charge on any atom is -0.370 e. The number of anilines is 1. The number of hydrogen-bond acceptors (Lipinski definition) is 8. The topological polar surface area (TPSA) is 192 Å². The first-order chi connectivity index (χ1) is 16.0. The highest BCUT2D eigenvalue weighted by Gasteiger charge is 2.09. The molecule has 33 heavy (non-hydrogen) atoms. The summed E-state index contributed by atoms with van der Waals surface area (Å²) >= 11 is 1.43. The average Bonchev–Trinajstić information content (AvgIpc) is 3.39. The van der Waals surface area contributed by atoms with Crippen LogP contribution in [-0.2, 0) is 12.3 Å². The first-order valence-corrected chi connectivity index (χ1v) is 11.3. The van der Waals surface area contributed by atoms with Crippen molar-refractivity contribution in [2.75, 3.05) is 18.8 Å². The summed E-state index contributed by atoms with van der Waals surface area (Å²) < 4.78 is 1.54. The molecule has 0 unspecified atom stereocenters. The summed E-state index contributed by atoms with van der Waals surface area (Å²) in [6, 6.07) is 9.73. The van der Waals surface area contributed by atoms with E-state index in [9.17, 15) is 4.79 Å². The summed E-state index contributed by atoms with van der Waals surface area (Å²) in [4.78, 5) is 24.0. The van der Waals surface area contributed by atoms with Crippen molar-refractivity contribution in [3.8, 4) is 5.69 Å². The van der Waals surface area contributed by atoms with Crippen LogP contribution in [-0.4, -0.2) is 48.8 Å². The van der Waals surface area contributed by atoms with Crippen molar-refractivity contribution in [3.63, 3.8) is 0 Å². The van der Waals surface area contributed by atoms with Gasteiger partial charge < -0.3 is 27.1 Å². The van der Waals surface area contributed by atoms with Gasteiger partial charge in [-0.05, 0) is 36.7 Å². The summed E-state index contributed by atoms with van der Waals surface area (Å²) in [5.74, 6) is 0.853. The second kappa shape index (κ2) is 10.2. The van der Waals surface area contributed by atoms with Gasteiger partial charge in [0, 0.05) is 36.1 Å². The van der Waals surface area contributed by atoms with Crippen LogP contribution < -0.4 is 27.8 Å². The zero-order valence-corrected chi connectivity index (χ0v) is 18.6. The predicted octanol–water partition coefficient (Wildman–Crippen LogP) is 0.669. The molecule has 0 aliphatic carbocycles. The quantitative estimate of drug-likeness (QED) is 0.0759. The molecule has 0 aliphatic rings. The van der Waals surface area contributed by atoms with Gasteiger partial charge in [0.25, 0.3) is 0 Å². The molecule has 0 fully saturated rings. The fraction of sp³-hybridized carbons (Fsp3) is 0.250. The molecular formula is C20H25N11OS. The molecular weight excluding hydrogens is 442 g/mol. The zero-order valence-electron chi connectivity index (χ0n) is 17.8. The van der Waals surface area contributed by atoms with Crippen LogP contribution in [0.4, 0.5) is 5.95 Å². The van der Waals surface area contributed by atoms with Crippen molar-refractivity contribution in [2.45, 2.75) is 23.9 Å². The Balaban J connectivity index is 1.38. The SMILES string of the molecule is N=C(N)NCCCNCc1ccc(-n2cc3cc(CSc4n[nH]c(N)n4)[nH]c3nc2=O)cc1. The second-order valence-corrected chi connectivity index (χ2v) is 8.26. The van der Waals surface area contributed by atoms with Crippen molar-refractivity contribution in [3.05, 3.63) is 58.3 Å². The van der Waals surface area contributed by atoms with Crippen molar-refractivity contribution >= 4 is 34.7 Å². The van der Waals surface area contributed by atoms with Crippen LogP contribution in [0.5, 0.6) is 0 Å². The summed E-state index contributed by atoms with van der Waals surface area (Å²) in [5, 5.41) is 21.2. The monoisotopic (exact) mass is 467 g/mol. The lowest BCUT2D eigenvalue weighted by Crippen LogP contribution is -2.32. The normalized spacial score (nSPS) is 11.2. The third-order valence-electron chi connectivity index (χ3n) is 4.79. The maximum absolute atomic E-state index is 12.6. The minimum atomic E-state index is -0.353. The molecule has 13 heteroatoms. The highest BCUT2D eigenvalue weighted by molar-refractivity contribution is 7.98. The maximum Gasteiger partial charge on any atom is 0.354 e. The van der Waals surface area contributed by atoms with E-state index in [1.54, 1.807) is 6.20 Å². The molecule has 0 saturated carbocycles. The Labute approximate surface area is 193 Å². The van der Waals surface area contributed by atoms with E-state index in [0.29, 0.717) is 29.6 Å². The standard InChI is InChI=1S/C20H25N11OS/c21-17(22)25-7-1-6-24-9-12-2-4-15(5-3-12)31-10-13-8-14(26-16(13)27-20(31)32)11-33-19-28-18(23)29-30-19/h2-5,8,10,24H,1,6-7,9,11H2,(H4,21,22,25)(H,26,27,32)(H3,23,28,29,30). The van der Waals surface area contributed by atoms with Gasteiger partial charge in [-0.25, -0.2) is 9.89 Å². The Morgan fingerprint density at radius 3 is 2.76 bits per heavy atom. The molecule has 3 heterocycles. The molecule has 0 aliphatic heterocycles. The van der Waals surface area contributed by atoms with Crippen LogP contribution >= 0.6 is 11.8 Å². The Kier molecular flexibility index (Phi) is 6.90. The van der Waals surface area contributed by atoms with Crippen molar-refractivity contribution in [1.82, 2.24) is 40.3 Å². The fourth-order valence-corrected chi connectivity index (χ4v) is 3.94. The van der Waals surface area contributed by atoms with Crippen LogP contribution in [0.15, 0.2) is 46.5 Å². The molecule has 12 nitrogen and oxygen atoms in total. The van der Waals surface area contributed by atoms with Crippen molar-refractivity contribution in [1.29, 1.82) is 5.41 Å². The highest BCUT2D eigenvalue weighted by atomic mass is 32.2. The van der Waals surface area contributed by atoms with Crippen LogP contribution in [0.2, 0.25) is 0 Å². The maximum atomic E-state index is 12.6. The Morgan fingerprint density at radius 2 is 2.03 bits per heavy atom. The highest BCUT2D eigenvalue weighted by Crippen LogP contribution is 2.21. The lowest BCUT2D eigenvalue weighted by atomic mass is 10.2. The molecule has 4 rings (SSSR count). The number of hydrogen-bond donors (Lipinski definition) is 7. The van der Waals surface area contributed by atoms with Crippen LogP contribution in [0.1, 0.15) is 17.7 Å². The molecule has 4 aromatic rings. The molecule has 0 spiro atoms. The number of nitrogens with one attached hydrogen (secondary N) is 5. The largest absolute Gasteiger partial charge is 0.370 e. The first kappa shape index (κ1) is 22.4. The lowest BCUT2D eigenvalue weighted by molar-refractivity contribution is 0.639. The van der Waals surface area contributed by atoms with E-state index in [4.69, 9.17) is 16.9 Å². The van der Waals surface area contributed by atoms with Gasteiger partial charge in [0.05, 0.1) is 5.69 Å². The molecule has 0 saturated heterocycles. The first-order valence-electron chi connectivity index (χ1n) is 10.3. The number of guanidine groups is 1. The second-order valence-electron chi connectivity index (χ2n) is 7.32. The van der Waals surface area contributed by atoms with E-state index in [2.05, 4.69) is 35.8 Å². The number of nitrogens with zero attached hydrogens (tertiary/aromatic N) is 4. The smallest absolute Gasteiger partial charge is 0.354 e. The van der Waals surface area contributed by atoms with E-state index in [1.807, 2.05) is 30.3 Å². The molecule has 0 amide bonds. The third-order valence-corrected chi connectivity index (χ3v) is 5.69. The Hall–Kier alpha value is -3.84. The Bertz CT molecular complexity index is 1290.